The van der Waals surface area contributed by atoms with Gasteiger partial charge in [0, 0.05) is 23.1 Å². The Bertz CT molecular complexity index is 511. The van der Waals surface area contributed by atoms with Crippen LogP contribution in [0.2, 0.25) is 0 Å². The average Bonchev–Trinajstić information content (AvgIpc) is 2.82. The molecule has 104 valence electrons. The SMILES string of the molecule is CC(C)NCC(Cc1cccc2[nH]ccc12)C(C)C. The van der Waals surface area contributed by atoms with E-state index in [-0.39, 0.29) is 0 Å². The number of benzene rings is 1. The van der Waals surface area contributed by atoms with Crippen LogP contribution in [0.5, 0.6) is 0 Å². The Labute approximate surface area is 116 Å². The van der Waals surface area contributed by atoms with Crippen LogP contribution in [0.1, 0.15) is 33.3 Å². The molecule has 2 aromatic rings. The summed E-state index contributed by atoms with van der Waals surface area (Å²) < 4.78 is 0. The van der Waals surface area contributed by atoms with Crippen molar-refractivity contribution in [1.29, 1.82) is 0 Å². The summed E-state index contributed by atoms with van der Waals surface area (Å²) in [7, 11) is 0. The second-order valence-corrected chi connectivity index (χ2v) is 6.13. The highest BCUT2D eigenvalue weighted by atomic mass is 14.9. The Morgan fingerprint density at radius 1 is 1.11 bits per heavy atom. The Kier molecular flexibility index (Phi) is 4.65. The Balaban J connectivity index is 2.14. The molecule has 0 aliphatic carbocycles. The van der Waals surface area contributed by atoms with Crippen molar-refractivity contribution in [2.75, 3.05) is 6.54 Å². The predicted molar refractivity (Wildman–Crippen MR) is 83.5 cm³/mol. The van der Waals surface area contributed by atoms with Gasteiger partial charge in [0.15, 0.2) is 0 Å². The second kappa shape index (κ2) is 6.25. The lowest BCUT2D eigenvalue weighted by atomic mass is 9.88. The number of H-pyrrole nitrogens is 1. The average molecular weight is 258 g/mol. The van der Waals surface area contributed by atoms with Gasteiger partial charge in [0.25, 0.3) is 0 Å². The lowest BCUT2D eigenvalue weighted by Crippen LogP contribution is -2.32. The van der Waals surface area contributed by atoms with Crippen LogP contribution in [0.15, 0.2) is 30.5 Å². The number of aromatic nitrogens is 1. The first-order valence-electron chi connectivity index (χ1n) is 7.36. The Hall–Kier alpha value is -1.28. The molecule has 0 amide bonds. The summed E-state index contributed by atoms with van der Waals surface area (Å²) >= 11 is 0. The molecule has 1 aromatic heterocycles. The Morgan fingerprint density at radius 3 is 2.58 bits per heavy atom. The van der Waals surface area contributed by atoms with E-state index >= 15 is 0 Å². The highest BCUT2D eigenvalue weighted by Crippen LogP contribution is 2.23. The third kappa shape index (κ3) is 3.60. The van der Waals surface area contributed by atoms with Crippen molar-refractivity contribution in [1.82, 2.24) is 10.3 Å². The maximum Gasteiger partial charge on any atom is 0.0456 e. The molecule has 0 aliphatic heterocycles. The molecule has 0 spiro atoms. The molecular formula is C17H26N2. The molecule has 2 nitrogen and oxygen atoms in total. The van der Waals surface area contributed by atoms with Gasteiger partial charge in [-0.2, -0.15) is 0 Å². The van der Waals surface area contributed by atoms with Crippen molar-refractivity contribution in [2.45, 2.75) is 40.2 Å². The van der Waals surface area contributed by atoms with Gasteiger partial charge in [0.2, 0.25) is 0 Å². The minimum Gasteiger partial charge on any atom is -0.361 e. The quantitative estimate of drug-likeness (QED) is 0.806. The maximum atomic E-state index is 3.58. The van der Waals surface area contributed by atoms with Crippen LogP contribution in [0.4, 0.5) is 0 Å². The third-order valence-corrected chi connectivity index (χ3v) is 3.90. The monoisotopic (exact) mass is 258 g/mol. The summed E-state index contributed by atoms with van der Waals surface area (Å²) in [5, 5.41) is 4.95. The fourth-order valence-corrected chi connectivity index (χ4v) is 2.54. The third-order valence-electron chi connectivity index (χ3n) is 3.90. The fraction of sp³-hybridized carbons (Fsp3) is 0.529. The van der Waals surface area contributed by atoms with Crippen LogP contribution in [-0.2, 0) is 6.42 Å². The molecule has 0 radical (unpaired) electrons. The van der Waals surface area contributed by atoms with Crippen molar-refractivity contribution in [3.8, 4) is 0 Å². The van der Waals surface area contributed by atoms with Crippen LogP contribution < -0.4 is 5.32 Å². The largest absolute Gasteiger partial charge is 0.361 e. The smallest absolute Gasteiger partial charge is 0.0456 e. The van der Waals surface area contributed by atoms with E-state index in [0.717, 1.165) is 13.0 Å². The predicted octanol–water partition coefficient (Wildman–Crippen LogP) is 3.98. The zero-order valence-corrected chi connectivity index (χ0v) is 12.5. The number of rotatable bonds is 6. The Morgan fingerprint density at radius 2 is 1.89 bits per heavy atom. The topological polar surface area (TPSA) is 27.8 Å². The molecule has 2 rings (SSSR count). The van der Waals surface area contributed by atoms with E-state index in [1.54, 1.807) is 0 Å². The molecule has 0 bridgehead atoms. The van der Waals surface area contributed by atoms with Gasteiger partial charge in [-0.3, -0.25) is 0 Å². The van der Waals surface area contributed by atoms with Crippen LogP contribution in [-0.4, -0.2) is 17.6 Å². The first-order chi connectivity index (χ1) is 9.08. The van der Waals surface area contributed by atoms with E-state index in [1.165, 1.54) is 16.5 Å². The summed E-state index contributed by atoms with van der Waals surface area (Å²) in [6, 6.07) is 9.32. The molecule has 1 heterocycles. The maximum absolute atomic E-state index is 3.58. The molecule has 1 atom stereocenters. The first-order valence-corrected chi connectivity index (χ1v) is 7.36. The number of hydrogen-bond acceptors (Lipinski definition) is 1. The van der Waals surface area contributed by atoms with Gasteiger partial charge in [-0.15, -0.1) is 0 Å². The standard InChI is InChI=1S/C17H26N2/c1-12(2)15(11-19-13(3)4)10-14-6-5-7-17-16(14)8-9-18-17/h5-9,12-13,15,18-19H,10-11H2,1-4H3. The van der Waals surface area contributed by atoms with E-state index < -0.39 is 0 Å². The molecule has 0 saturated carbocycles. The zero-order valence-electron chi connectivity index (χ0n) is 12.5. The van der Waals surface area contributed by atoms with Gasteiger partial charge >= 0.3 is 0 Å². The minimum absolute atomic E-state index is 0.560. The zero-order chi connectivity index (χ0) is 13.8. The summed E-state index contributed by atoms with van der Waals surface area (Å²) in [5.41, 5.74) is 2.71. The first kappa shape index (κ1) is 14.1. The van der Waals surface area contributed by atoms with Crippen molar-refractivity contribution < 1.29 is 0 Å². The van der Waals surface area contributed by atoms with Crippen LogP contribution >= 0.6 is 0 Å². The van der Waals surface area contributed by atoms with Gasteiger partial charge < -0.3 is 10.3 Å². The van der Waals surface area contributed by atoms with E-state index in [1.807, 2.05) is 6.20 Å². The van der Waals surface area contributed by atoms with Gasteiger partial charge in [-0.25, -0.2) is 0 Å². The van der Waals surface area contributed by atoms with E-state index in [4.69, 9.17) is 0 Å². The van der Waals surface area contributed by atoms with Crippen LogP contribution in [0, 0.1) is 11.8 Å². The van der Waals surface area contributed by atoms with E-state index in [2.05, 4.69) is 62.3 Å². The molecular weight excluding hydrogens is 232 g/mol. The number of nitrogens with one attached hydrogen (secondary N) is 2. The minimum atomic E-state index is 0.560. The van der Waals surface area contributed by atoms with Gasteiger partial charge in [0.05, 0.1) is 0 Å². The number of hydrogen-bond donors (Lipinski definition) is 2. The molecule has 1 unspecified atom stereocenters. The summed E-state index contributed by atoms with van der Waals surface area (Å²) in [6.45, 7) is 10.2. The van der Waals surface area contributed by atoms with E-state index in [0.29, 0.717) is 17.9 Å². The second-order valence-electron chi connectivity index (χ2n) is 6.13. The lowest BCUT2D eigenvalue weighted by Gasteiger charge is -2.23. The van der Waals surface area contributed by atoms with Gasteiger partial charge in [-0.05, 0) is 42.5 Å². The molecule has 19 heavy (non-hydrogen) atoms. The van der Waals surface area contributed by atoms with Gasteiger partial charge in [-0.1, -0.05) is 39.8 Å². The van der Waals surface area contributed by atoms with Crippen molar-refractivity contribution >= 4 is 10.9 Å². The normalized spacial score (nSPS) is 13.6. The van der Waals surface area contributed by atoms with Crippen molar-refractivity contribution in [2.24, 2.45) is 11.8 Å². The summed E-state index contributed by atoms with van der Waals surface area (Å²) in [4.78, 5) is 3.30. The van der Waals surface area contributed by atoms with Crippen LogP contribution in [0.3, 0.4) is 0 Å². The molecule has 0 aliphatic rings. The number of fused-ring (bicyclic) bond motifs is 1. The summed E-state index contributed by atoms with van der Waals surface area (Å²) in [5.74, 6) is 1.38. The molecule has 1 aromatic carbocycles. The lowest BCUT2D eigenvalue weighted by molar-refractivity contribution is 0.350. The highest BCUT2D eigenvalue weighted by molar-refractivity contribution is 5.82. The molecule has 2 N–H and O–H groups in total. The van der Waals surface area contributed by atoms with Crippen LogP contribution in [0.25, 0.3) is 10.9 Å². The van der Waals surface area contributed by atoms with Gasteiger partial charge in [0.1, 0.15) is 0 Å². The molecule has 0 fully saturated rings. The highest BCUT2D eigenvalue weighted by Gasteiger charge is 2.15. The fourth-order valence-electron chi connectivity index (χ4n) is 2.54. The summed E-state index contributed by atoms with van der Waals surface area (Å²) in [6.07, 6.45) is 3.18. The van der Waals surface area contributed by atoms with Crippen molar-refractivity contribution in [3.63, 3.8) is 0 Å². The van der Waals surface area contributed by atoms with Crippen molar-refractivity contribution in [3.05, 3.63) is 36.0 Å². The number of aromatic amines is 1. The van der Waals surface area contributed by atoms with E-state index in [9.17, 15) is 0 Å². The molecule has 0 saturated heterocycles. The molecule has 2 heteroatoms.